The molecule has 0 aliphatic heterocycles. The summed E-state index contributed by atoms with van der Waals surface area (Å²) >= 11 is 0. The van der Waals surface area contributed by atoms with Crippen LogP contribution in [0.4, 0.5) is 5.82 Å². The van der Waals surface area contributed by atoms with E-state index in [1.807, 2.05) is 37.3 Å². The lowest BCUT2D eigenvalue weighted by molar-refractivity contribution is 0.599. The SMILES string of the molecule is Cc1cc(NS(=O)(=O)c2cccnc2)n(Cc2ccccc2)n1. The summed E-state index contributed by atoms with van der Waals surface area (Å²) in [5, 5.41) is 4.36. The highest BCUT2D eigenvalue weighted by molar-refractivity contribution is 7.92. The van der Waals surface area contributed by atoms with Gasteiger partial charge in [-0.25, -0.2) is 13.1 Å². The van der Waals surface area contributed by atoms with Crippen LogP contribution in [0.5, 0.6) is 0 Å². The van der Waals surface area contributed by atoms with E-state index in [1.165, 1.54) is 18.5 Å². The number of rotatable bonds is 5. The van der Waals surface area contributed by atoms with Gasteiger partial charge in [-0.2, -0.15) is 5.10 Å². The second kappa shape index (κ2) is 6.21. The predicted octanol–water partition coefficient (Wildman–Crippen LogP) is 2.44. The highest BCUT2D eigenvalue weighted by atomic mass is 32.2. The van der Waals surface area contributed by atoms with Gasteiger partial charge in [0.25, 0.3) is 10.0 Å². The molecule has 0 fully saturated rings. The Morgan fingerprint density at radius 1 is 1.13 bits per heavy atom. The van der Waals surface area contributed by atoms with Crippen LogP contribution in [0.25, 0.3) is 0 Å². The van der Waals surface area contributed by atoms with Gasteiger partial charge in [-0.05, 0) is 24.6 Å². The molecule has 0 saturated heterocycles. The maximum absolute atomic E-state index is 12.4. The fraction of sp³-hybridized carbons (Fsp3) is 0.125. The van der Waals surface area contributed by atoms with Gasteiger partial charge in [-0.3, -0.25) is 9.71 Å². The van der Waals surface area contributed by atoms with E-state index in [0.29, 0.717) is 12.4 Å². The average Bonchev–Trinajstić information content (AvgIpc) is 2.88. The molecule has 0 aliphatic carbocycles. The molecule has 0 bridgehead atoms. The zero-order chi connectivity index (χ0) is 16.3. The average molecular weight is 328 g/mol. The molecule has 2 aromatic heterocycles. The van der Waals surface area contributed by atoms with Crippen LogP contribution in [-0.2, 0) is 16.6 Å². The molecule has 0 spiro atoms. The third-order valence-electron chi connectivity index (χ3n) is 3.26. The number of nitrogens with one attached hydrogen (secondary N) is 1. The first-order valence-corrected chi connectivity index (χ1v) is 8.54. The number of hydrogen-bond donors (Lipinski definition) is 1. The van der Waals surface area contributed by atoms with Crippen LogP contribution in [0.1, 0.15) is 11.3 Å². The van der Waals surface area contributed by atoms with Crippen LogP contribution < -0.4 is 4.72 Å². The van der Waals surface area contributed by atoms with Crippen molar-refractivity contribution in [3.05, 3.63) is 72.2 Å². The lowest BCUT2D eigenvalue weighted by Gasteiger charge is -2.10. The number of aryl methyl sites for hydroxylation is 1. The molecule has 0 amide bonds. The summed E-state index contributed by atoms with van der Waals surface area (Å²) in [5.41, 5.74) is 1.78. The van der Waals surface area contributed by atoms with Crippen molar-refractivity contribution in [2.24, 2.45) is 0 Å². The van der Waals surface area contributed by atoms with Crippen LogP contribution in [0.15, 0.2) is 65.8 Å². The predicted molar refractivity (Wildman–Crippen MR) is 87.6 cm³/mol. The van der Waals surface area contributed by atoms with Crippen LogP contribution in [0, 0.1) is 6.92 Å². The Balaban J connectivity index is 1.89. The zero-order valence-electron chi connectivity index (χ0n) is 12.5. The van der Waals surface area contributed by atoms with Gasteiger partial charge in [-0.15, -0.1) is 0 Å². The first kappa shape index (κ1) is 15.2. The van der Waals surface area contributed by atoms with E-state index in [4.69, 9.17) is 0 Å². The van der Waals surface area contributed by atoms with Gasteiger partial charge in [0.1, 0.15) is 10.7 Å². The number of anilines is 1. The van der Waals surface area contributed by atoms with Crippen molar-refractivity contribution >= 4 is 15.8 Å². The first-order chi connectivity index (χ1) is 11.0. The molecule has 3 rings (SSSR count). The summed E-state index contributed by atoms with van der Waals surface area (Å²) in [6, 6.07) is 14.5. The Hall–Kier alpha value is -2.67. The second-order valence-corrected chi connectivity index (χ2v) is 6.79. The lowest BCUT2D eigenvalue weighted by Crippen LogP contribution is -2.17. The topological polar surface area (TPSA) is 76.9 Å². The van der Waals surface area contributed by atoms with Crippen molar-refractivity contribution in [1.82, 2.24) is 14.8 Å². The van der Waals surface area contributed by atoms with Gasteiger partial charge in [-0.1, -0.05) is 30.3 Å². The number of sulfonamides is 1. The van der Waals surface area contributed by atoms with Crippen LogP contribution in [-0.4, -0.2) is 23.2 Å². The van der Waals surface area contributed by atoms with Crippen molar-refractivity contribution in [2.45, 2.75) is 18.4 Å². The Morgan fingerprint density at radius 2 is 1.91 bits per heavy atom. The van der Waals surface area contributed by atoms with Crippen molar-refractivity contribution in [3.8, 4) is 0 Å². The fourth-order valence-corrected chi connectivity index (χ4v) is 3.22. The smallest absolute Gasteiger partial charge is 0.263 e. The molecular formula is C16H16N4O2S. The number of benzene rings is 1. The van der Waals surface area contributed by atoms with Gasteiger partial charge in [0, 0.05) is 18.5 Å². The monoisotopic (exact) mass is 328 g/mol. The number of aromatic nitrogens is 3. The summed E-state index contributed by atoms with van der Waals surface area (Å²) in [6.45, 7) is 2.31. The summed E-state index contributed by atoms with van der Waals surface area (Å²) in [6.07, 6.45) is 2.84. The summed E-state index contributed by atoms with van der Waals surface area (Å²) < 4.78 is 29.1. The number of hydrogen-bond acceptors (Lipinski definition) is 4. The van der Waals surface area contributed by atoms with Gasteiger partial charge < -0.3 is 0 Å². The third kappa shape index (κ3) is 3.57. The molecule has 0 atom stereocenters. The van der Waals surface area contributed by atoms with E-state index < -0.39 is 10.0 Å². The number of nitrogens with zero attached hydrogens (tertiary/aromatic N) is 3. The molecule has 3 aromatic rings. The van der Waals surface area contributed by atoms with Crippen LogP contribution >= 0.6 is 0 Å². The van der Waals surface area contributed by atoms with Crippen molar-refractivity contribution < 1.29 is 8.42 Å². The zero-order valence-corrected chi connectivity index (χ0v) is 13.4. The van der Waals surface area contributed by atoms with Crippen molar-refractivity contribution in [2.75, 3.05) is 4.72 Å². The van der Waals surface area contributed by atoms with Crippen LogP contribution in [0.3, 0.4) is 0 Å². The Morgan fingerprint density at radius 3 is 2.61 bits per heavy atom. The molecule has 0 saturated carbocycles. The van der Waals surface area contributed by atoms with Gasteiger partial charge in [0.15, 0.2) is 0 Å². The quantitative estimate of drug-likeness (QED) is 0.780. The largest absolute Gasteiger partial charge is 0.264 e. The van der Waals surface area contributed by atoms with Crippen molar-refractivity contribution in [3.63, 3.8) is 0 Å². The molecule has 0 radical (unpaired) electrons. The van der Waals surface area contributed by atoms with E-state index >= 15 is 0 Å². The molecular weight excluding hydrogens is 312 g/mol. The summed E-state index contributed by atoms with van der Waals surface area (Å²) in [4.78, 5) is 3.96. The molecule has 0 unspecified atom stereocenters. The van der Waals surface area contributed by atoms with E-state index in [1.54, 1.807) is 16.8 Å². The molecule has 1 aromatic carbocycles. The standard InChI is InChI=1S/C16H16N4O2S/c1-13-10-16(19-23(21,22)15-8-5-9-17-11-15)20(18-13)12-14-6-3-2-4-7-14/h2-11,19H,12H2,1H3. The first-order valence-electron chi connectivity index (χ1n) is 7.06. The molecule has 7 heteroatoms. The molecule has 6 nitrogen and oxygen atoms in total. The van der Waals surface area contributed by atoms with Crippen LogP contribution in [0.2, 0.25) is 0 Å². The van der Waals surface area contributed by atoms with Gasteiger partial charge >= 0.3 is 0 Å². The van der Waals surface area contributed by atoms with Gasteiger partial charge in [0.2, 0.25) is 0 Å². The normalized spacial score (nSPS) is 11.3. The summed E-state index contributed by atoms with van der Waals surface area (Å²) in [5.74, 6) is 0.426. The summed E-state index contributed by atoms with van der Waals surface area (Å²) in [7, 11) is -3.69. The highest BCUT2D eigenvalue weighted by Crippen LogP contribution is 2.17. The minimum Gasteiger partial charge on any atom is -0.263 e. The third-order valence-corrected chi connectivity index (χ3v) is 4.60. The second-order valence-electron chi connectivity index (χ2n) is 5.11. The Kier molecular flexibility index (Phi) is 4.12. The van der Waals surface area contributed by atoms with Gasteiger partial charge in [0.05, 0.1) is 12.2 Å². The van der Waals surface area contributed by atoms with E-state index in [-0.39, 0.29) is 4.90 Å². The Bertz CT molecular complexity index is 890. The molecule has 118 valence electrons. The minimum absolute atomic E-state index is 0.116. The fourth-order valence-electron chi connectivity index (χ4n) is 2.21. The highest BCUT2D eigenvalue weighted by Gasteiger charge is 2.17. The van der Waals surface area contributed by atoms with E-state index in [9.17, 15) is 8.42 Å². The Labute approximate surface area is 134 Å². The maximum Gasteiger partial charge on any atom is 0.264 e. The minimum atomic E-state index is -3.69. The molecule has 0 aliphatic rings. The lowest BCUT2D eigenvalue weighted by atomic mass is 10.2. The van der Waals surface area contributed by atoms with E-state index in [0.717, 1.165) is 11.3 Å². The molecule has 2 heterocycles. The molecule has 23 heavy (non-hydrogen) atoms. The van der Waals surface area contributed by atoms with E-state index in [2.05, 4.69) is 14.8 Å². The number of pyridine rings is 1. The van der Waals surface area contributed by atoms with Crippen molar-refractivity contribution in [1.29, 1.82) is 0 Å². The molecule has 1 N–H and O–H groups in total. The maximum atomic E-state index is 12.4.